The first-order valence-electron chi connectivity index (χ1n) is 9.20. The van der Waals surface area contributed by atoms with Crippen molar-refractivity contribution < 1.29 is 14.3 Å². The molecule has 3 rings (SSSR count). The Morgan fingerprint density at radius 2 is 1.77 bits per heavy atom. The lowest BCUT2D eigenvalue weighted by molar-refractivity contribution is -0.121. The molecule has 3 aromatic rings. The number of benzene rings is 3. The lowest BCUT2D eigenvalue weighted by atomic mass is 10.1. The Morgan fingerprint density at radius 3 is 2.45 bits per heavy atom. The second-order valence-corrected chi connectivity index (χ2v) is 8.78. The minimum absolute atomic E-state index is 0.0607. The fourth-order valence-electron chi connectivity index (χ4n) is 2.77. The number of carbonyl (C=O) groups excluding carboxylic acids is 2. The number of amides is 2. The summed E-state index contributed by atoms with van der Waals surface area (Å²) in [7, 11) is 1.70. The number of anilines is 2. The van der Waals surface area contributed by atoms with Crippen LogP contribution >= 0.6 is 44.1 Å². The number of thiocarbonyl (C=S) groups is 1. The minimum Gasteiger partial charge on any atom is -0.483 e. The van der Waals surface area contributed by atoms with Crippen LogP contribution in [0.1, 0.15) is 6.92 Å². The van der Waals surface area contributed by atoms with E-state index in [-0.39, 0.29) is 23.5 Å². The molecular formula is C22H19Br2N3O3S. The molecule has 0 radical (unpaired) electrons. The fraction of sp³-hybridized carbons (Fsp3) is 0.136. The van der Waals surface area contributed by atoms with Crippen LogP contribution in [0.3, 0.4) is 0 Å². The van der Waals surface area contributed by atoms with E-state index >= 15 is 0 Å². The summed E-state index contributed by atoms with van der Waals surface area (Å²) in [5, 5.41) is 7.71. The second kappa shape index (κ2) is 10.2. The quantitative estimate of drug-likeness (QED) is 0.415. The number of halogens is 2. The Hall–Kier alpha value is -2.49. The van der Waals surface area contributed by atoms with Crippen molar-refractivity contribution in [3.05, 3.63) is 63.5 Å². The number of ether oxygens (including phenoxy) is 1. The molecule has 2 amide bonds. The molecule has 0 heterocycles. The first-order chi connectivity index (χ1) is 14.7. The van der Waals surface area contributed by atoms with Crippen LogP contribution in [0.15, 0.2) is 63.5 Å². The predicted octanol–water partition coefficient (Wildman–Crippen LogP) is 5.24. The van der Waals surface area contributed by atoms with E-state index in [4.69, 9.17) is 17.0 Å². The number of rotatable bonds is 5. The standard InChI is InChI=1S/C22H19Br2N3O3S/c1-13(28)27(2)17-7-5-16(6-8-17)25-22(31)26-20(29)12-30-19-10-3-14-11-15(23)4-9-18(14)21(19)24/h3-11H,12H2,1-2H3,(H2,25,26,29,31). The van der Waals surface area contributed by atoms with Gasteiger partial charge in [-0.25, -0.2) is 0 Å². The summed E-state index contributed by atoms with van der Waals surface area (Å²) in [5.41, 5.74) is 1.45. The van der Waals surface area contributed by atoms with Gasteiger partial charge in [0.1, 0.15) is 5.75 Å². The van der Waals surface area contributed by atoms with Crippen LogP contribution in [0.4, 0.5) is 11.4 Å². The largest absolute Gasteiger partial charge is 0.483 e. The molecule has 160 valence electrons. The molecule has 0 saturated carbocycles. The van der Waals surface area contributed by atoms with Crippen LogP contribution in [-0.4, -0.2) is 30.6 Å². The van der Waals surface area contributed by atoms with Crippen molar-refractivity contribution in [3.63, 3.8) is 0 Å². The predicted molar refractivity (Wildman–Crippen MR) is 135 cm³/mol. The molecule has 0 aliphatic heterocycles. The van der Waals surface area contributed by atoms with Crippen LogP contribution in [0, 0.1) is 0 Å². The van der Waals surface area contributed by atoms with Gasteiger partial charge in [0.05, 0.1) is 4.47 Å². The van der Waals surface area contributed by atoms with Crippen LogP contribution in [-0.2, 0) is 9.59 Å². The van der Waals surface area contributed by atoms with E-state index in [1.54, 1.807) is 31.3 Å². The number of hydrogen-bond donors (Lipinski definition) is 2. The maximum absolute atomic E-state index is 12.2. The number of nitrogens with one attached hydrogen (secondary N) is 2. The summed E-state index contributed by atoms with van der Waals surface area (Å²) in [5.74, 6) is 0.122. The Kier molecular flexibility index (Phi) is 7.64. The number of carbonyl (C=O) groups is 2. The van der Waals surface area contributed by atoms with E-state index in [1.807, 2.05) is 30.3 Å². The van der Waals surface area contributed by atoms with E-state index in [9.17, 15) is 9.59 Å². The highest BCUT2D eigenvalue weighted by Crippen LogP contribution is 2.34. The van der Waals surface area contributed by atoms with Crippen molar-refractivity contribution in [2.24, 2.45) is 0 Å². The van der Waals surface area contributed by atoms with Gasteiger partial charge >= 0.3 is 0 Å². The summed E-state index contributed by atoms with van der Waals surface area (Å²) in [6.45, 7) is 1.30. The van der Waals surface area contributed by atoms with Crippen LogP contribution in [0.25, 0.3) is 10.8 Å². The van der Waals surface area contributed by atoms with Gasteiger partial charge in [-0.05, 0) is 81.4 Å². The molecular weight excluding hydrogens is 546 g/mol. The highest BCUT2D eigenvalue weighted by Gasteiger charge is 2.11. The number of nitrogens with zero attached hydrogens (tertiary/aromatic N) is 1. The fourth-order valence-corrected chi connectivity index (χ4v) is 3.99. The molecule has 0 aromatic heterocycles. The maximum Gasteiger partial charge on any atom is 0.264 e. The first-order valence-corrected chi connectivity index (χ1v) is 11.2. The summed E-state index contributed by atoms with van der Waals surface area (Å²) in [4.78, 5) is 25.2. The second-order valence-electron chi connectivity index (χ2n) is 6.66. The highest BCUT2D eigenvalue weighted by molar-refractivity contribution is 9.11. The van der Waals surface area contributed by atoms with Gasteiger partial charge in [-0.2, -0.15) is 0 Å². The van der Waals surface area contributed by atoms with Gasteiger partial charge in [0.15, 0.2) is 11.7 Å². The zero-order valence-electron chi connectivity index (χ0n) is 16.7. The first kappa shape index (κ1) is 23.2. The van der Waals surface area contributed by atoms with Gasteiger partial charge in [0.25, 0.3) is 5.91 Å². The summed E-state index contributed by atoms with van der Waals surface area (Å²) < 4.78 is 7.42. The molecule has 0 aliphatic carbocycles. The smallest absolute Gasteiger partial charge is 0.264 e. The number of fused-ring (bicyclic) bond motifs is 1. The molecule has 6 nitrogen and oxygen atoms in total. The Labute approximate surface area is 202 Å². The molecule has 31 heavy (non-hydrogen) atoms. The molecule has 0 atom stereocenters. The normalized spacial score (nSPS) is 10.5. The molecule has 0 unspecified atom stereocenters. The maximum atomic E-state index is 12.2. The SMILES string of the molecule is CC(=O)N(C)c1ccc(NC(=S)NC(=O)COc2ccc3cc(Br)ccc3c2Br)cc1. The Balaban J connectivity index is 1.54. The molecule has 0 spiro atoms. The van der Waals surface area contributed by atoms with Crippen LogP contribution in [0.2, 0.25) is 0 Å². The topological polar surface area (TPSA) is 70.7 Å². The van der Waals surface area contributed by atoms with Gasteiger partial charge in [0, 0.05) is 29.8 Å². The summed E-state index contributed by atoms with van der Waals surface area (Å²) in [6, 6.07) is 16.8. The molecule has 0 saturated heterocycles. The van der Waals surface area contributed by atoms with E-state index in [2.05, 4.69) is 42.5 Å². The summed E-state index contributed by atoms with van der Waals surface area (Å²) >= 11 is 12.2. The average Bonchev–Trinajstić information content (AvgIpc) is 2.73. The van der Waals surface area contributed by atoms with Crippen molar-refractivity contribution in [1.29, 1.82) is 0 Å². The highest BCUT2D eigenvalue weighted by atomic mass is 79.9. The van der Waals surface area contributed by atoms with E-state index in [0.717, 1.165) is 25.4 Å². The Bertz CT molecular complexity index is 1150. The van der Waals surface area contributed by atoms with Crippen molar-refractivity contribution in [3.8, 4) is 5.75 Å². The molecule has 9 heteroatoms. The zero-order valence-corrected chi connectivity index (χ0v) is 20.7. The van der Waals surface area contributed by atoms with Crippen molar-refractivity contribution in [1.82, 2.24) is 5.32 Å². The third kappa shape index (κ3) is 6.03. The third-order valence-corrected chi connectivity index (χ3v) is 5.99. The monoisotopic (exact) mass is 563 g/mol. The van der Waals surface area contributed by atoms with Crippen LogP contribution < -0.4 is 20.3 Å². The van der Waals surface area contributed by atoms with Gasteiger partial charge in [-0.3, -0.25) is 14.9 Å². The van der Waals surface area contributed by atoms with Crippen molar-refractivity contribution in [2.45, 2.75) is 6.92 Å². The molecule has 0 fully saturated rings. The van der Waals surface area contributed by atoms with Gasteiger partial charge < -0.3 is 15.0 Å². The van der Waals surface area contributed by atoms with E-state index in [1.165, 1.54) is 11.8 Å². The molecule has 0 aliphatic rings. The van der Waals surface area contributed by atoms with Gasteiger partial charge in [-0.1, -0.05) is 28.1 Å². The lowest BCUT2D eigenvalue weighted by Crippen LogP contribution is -2.37. The minimum atomic E-state index is -0.381. The zero-order chi connectivity index (χ0) is 22.5. The lowest BCUT2D eigenvalue weighted by Gasteiger charge is -2.16. The van der Waals surface area contributed by atoms with E-state index in [0.29, 0.717) is 11.4 Å². The molecule has 3 aromatic carbocycles. The molecule has 0 bridgehead atoms. The van der Waals surface area contributed by atoms with E-state index < -0.39 is 0 Å². The summed E-state index contributed by atoms with van der Waals surface area (Å²) in [6.07, 6.45) is 0. The average molecular weight is 565 g/mol. The van der Waals surface area contributed by atoms with Crippen LogP contribution in [0.5, 0.6) is 5.75 Å². The number of hydrogen-bond acceptors (Lipinski definition) is 4. The van der Waals surface area contributed by atoms with Crippen molar-refractivity contribution >= 4 is 83.2 Å². The molecule has 2 N–H and O–H groups in total. The third-order valence-electron chi connectivity index (χ3n) is 4.48. The van der Waals surface area contributed by atoms with Gasteiger partial charge in [-0.15, -0.1) is 0 Å². The van der Waals surface area contributed by atoms with Crippen molar-refractivity contribution in [2.75, 3.05) is 23.9 Å². The van der Waals surface area contributed by atoms with Gasteiger partial charge in [0.2, 0.25) is 5.91 Å². The Morgan fingerprint density at radius 1 is 1.06 bits per heavy atom.